The molecule has 2 saturated heterocycles. The molecular weight excluding hydrogens is 340 g/mol. The molecule has 2 heterocycles. The quantitative estimate of drug-likeness (QED) is 0.462. The van der Waals surface area contributed by atoms with Crippen molar-refractivity contribution >= 4 is 33.5 Å². The van der Waals surface area contributed by atoms with Crippen molar-refractivity contribution in [2.45, 2.75) is 23.8 Å². The third-order valence-electron chi connectivity index (χ3n) is 4.67. The van der Waals surface area contributed by atoms with E-state index in [1.165, 1.54) is 10.8 Å². The fraction of sp³-hybridized carbons (Fsp3) is 0.263. The third-order valence-corrected chi connectivity index (χ3v) is 8.13. The molecule has 24 heavy (non-hydrogen) atoms. The molecule has 0 saturated carbocycles. The van der Waals surface area contributed by atoms with Crippen molar-refractivity contribution in [1.82, 2.24) is 0 Å². The van der Waals surface area contributed by atoms with Crippen molar-refractivity contribution in [3.8, 4) is 0 Å². The molecule has 2 atom stereocenters. The van der Waals surface area contributed by atoms with Crippen LogP contribution in [0.15, 0.2) is 48.5 Å². The molecule has 0 spiro atoms. The molecule has 2 aromatic rings. The average Bonchev–Trinajstić information content (AvgIpc) is 3.09. The van der Waals surface area contributed by atoms with Crippen molar-refractivity contribution in [3.05, 3.63) is 70.8 Å². The lowest BCUT2D eigenvalue weighted by atomic mass is 9.78. The number of carbonyl (C=O) groups excluding carboxylic acids is 2. The minimum absolute atomic E-state index is 0.413. The number of aryl methyl sites for hydroxylation is 2. The Hall–Kier alpha value is -1.72. The summed E-state index contributed by atoms with van der Waals surface area (Å²) < 4.78 is 4.36. The predicted molar refractivity (Wildman–Crippen MR) is 96.7 cm³/mol. The Labute approximate surface area is 148 Å². The third kappa shape index (κ3) is 2.22. The summed E-state index contributed by atoms with van der Waals surface area (Å²) in [5.74, 6) is -1.32. The highest BCUT2D eigenvalue weighted by Gasteiger charge is 2.63. The van der Waals surface area contributed by atoms with Gasteiger partial charge in [-0.15, -0.1) is 0 Å². The Morgan fingerprint density at radius 2 is 1.33 bits per heavy atom. The van der Waals surface area contributed by atoms with E-state index in [1.807, 2.05) is 38.1 Å². The minimum atomic E-state index is -0.597. The van der Waals surface area contributed by atoms with E-state index < -0.39 is 27.9 Å². The SMILES string of the molecule is Cc1ccc(C2(c3ccc(C)cc3)SSC3C(=O)OC(=O)C32)cc1. The molecule has 3 nitrogen and oxygen atoms in total. The fourth-order valence-corrected chi connectivity index (χ4v) is 7.28. The van der Waals surface area contributed by atoms with E-state index in [0.717, 1.165) is 22.3 Å². The van der Waals surface area contributed by atoms with Gasteiger partial charge in [-0.25, -0.2) is 0 Å². The van der Waals surface area contributed by atoms with Crippen LogP contribution in [0.5, 0.6) is 0 Å². The largest absolute Gasteiger partial charge is 0.392 e. The van der Waals surface area contributed by atoms with Crippen LogP contribution in [-0.2, 0) is 19.1 Å². The first-order chi connectivity index (χ1) is 11.5. The van der Waals surface area contributed by atoms with Crippen molar-refractivity contribution in [3.63, 3.8) is 0 Å². The Kier molecular flexibility index (Phi) is 3.73. The van der Waals surface area contributed by atoms with Crippen LogP contribution < -0.4 is 0 Å². The predicted octanol–water partition coefficient (Wildman–Crippen LogP) is 4.01. The Morgan fingerprint density at radius 3 is 1.83 bits per heavy atom. The van der Waals surface area contributed by atoms with Crippen molar-refractivity contribution in [2.24, 2.45) is 5.92 Å². The molecule has 0 amide bonds. The molecule has 0 radical (unpaired) electrons. The molecule has 122 valence electrons. The normalized spacial score (nSPS) is 24.8. The maximum atomic E-state index is 12.5. The van der Waals surface area contributed by atoms with Gasteiger partial charge < -0.3 is 4.74 Å². The number of ether oxygens (including phenoxy) is 1. The van der Waals surface area contributed by atoms with E-state index >= 15 is 0 Å². The van der Waals surface area contributed by atoms with Gasteiger partial charge in [0.05, 0.1) is 4.75 Å². The standard InChI is InChI=1S/C19H16O3S2/c1-11-3-7-13(8-4-11)19(14-9-5-12(2)6-10-14)15-16(23-24-19)18(21)22-17(15)20/h3-10,15-16H,1-2H3. The van der Waals surface area contributed by atoms with E-state index in [1.54, 1.807) is 10.8 Å². The maximum absolute atomic E-state index is 12.5. The number of fused-ring (bicyclic) bond motifs is 1. The number of cyclic esters (lactones) is 2. The number of hydrogen-bond donors (Lipinski definition) is 0. The zero-order valence-electron chi connectivity index (χ0n) is 13.3. The summed E-state index contributed by atoms with van der Waals surface area (Å²) >= 11 is 0. The zero-order chi connectivity index (χ0) is 16.9. The van der Waals surface area contributed by atoms with Crippen LogP contribution in [0.3, 0.4) is 0 Å². The number of rotatable bonds is 2. The van der Waals surface area contributed by atoms with Crippen LogP contribution in [0.2, 0.25) is 0 Å². The van der Waals surface area contributed by atoms with Crippen molar-refractivity contribution in [1.29, 1.82) is 0 Å². The molecule has 4 rings (SSSR count). The lowest BCUT2D eigenvalue weighted by Gasteiger charge is -2.32. The first-order valence-electron chi connectivity index (χ1n) is 7.77. The van der Waals surface area contributed by atoms with E-state index in [9.17, 15) is 9.59 Å². The van der Waals surface area contributed by atoms with Crippen LogP contribution in [0.25, 0.3) is 0 Å². The molecule has 2 aliphatic heterocycles. The fourth-order valence-electron chi connectivity index (χ4n) is 3.36. The van der Waals surface area contributed by atoms with E-state index in [-0.39, 0.29) is 0 Å². The van der Waals surface area contributed by atoms with E-state index in [2.05, 4.69) is 24.3 Å². The minimum Gasteiger partial charge on any atom is -0.392 e. The van der Waals surface area contributed by atoms with Crippen LogP contribution in [0.1, 0.15) is 22.3 Å². The van der Waals surface area contributed by atoms with Gasteiger partial charge in [0.1, 0.15) is 11.2 Å². The molecule has 0 N–H and O–H groups in total. The Bertz CT molecular complexity index is 766. The van der Waals surface area contributed by atoms with E-state index in [4.69, 9.17) is 4.74 Å². The number of benzene rings is 2. The summed E-state index contributed by atoms with van der Waals surface area (Å²) in [7, 11) is 3.05. The zero-order valence-corrected chi connectivity index (χ0v) is 14.9. The highest BCUT2D eigenvalue weighted by Crippen LogP contribution is 2.65. The highest BCUT2D eigenvalue weighted by molar-refractivity contribution is 8.78. The molecule has 0 aliphatic carbocycles. The van der Waals surface area contributed by atoms with Crippen molar-refractivity contribution < 1.29 is 14.3 Å². The summed E-state index contributed by atoms with van der Waals surface area (Å²) in [6, 6.07) is 16.4. The molecule has 0 aromatic heterocycles. The molecular formula is C19H16O3S2. The van der Waals surface area contributed by atoms with Gasteiger partial charge in [-0.2, -0.15) is 0 Å². The van der Waals surface area contributed by atoms with Gasteiger partial charge in [-0.3, -0.25) is 9.59 Å². The van der Waals surface area contributed by atoms with Gasteiger partial charge in [0, 0.05) is 0 Å². The topological polar surface area (TPSA) is 43.4 Å². The van der Waals surface area contributed by atoms with Gasteiger partial charge in [0.25, 0.3) is 0 Å². The van der Waals surface area contributed by atoms with Gasteiger partial charge in [-0.05, 0) is 25.0 Å². The first kappa shape index (κ1) is 15.8. The van der Waals surface area contributed by atoms with Crippen LogP contribution in [0, 0.1) is 19.8 Å². The Balaban J connectivity index is 1.93. The van der Waals surface area contributed by atoms with Crippen LogP contribution >= 0.6 is 21.6 Å². The van der Waals surface area contributed by atoms with Gasteiger partial charge in [-0.1, -0.05) is 81.2 Å². The molecule has 2 fully saturated rings. The second-order valence-corrected chi connectivity index (χ2v) is 8.87. The maximum Gasteiger partial charge on any atom is 0.328 e. The Morgan fingerprint density at radius 1 is 0.833 bits per heavy atom. The second kappa shape index (κ2) is 5.67. The summed E-state index contributed by atoms with van der Waals surface area (Å²) in [6.07, 6.45) is 0. The first-order valence-corrected chi connectivity index (χ1v) is 9.98. The number of esters is 2. The molecule has 2 aliphatic rings. The molecule has 5 heteroatoms. The molecule has 2 unspecified atom stereocenters. The summed E-state index contributed by atoms with van der Waals surface area (Å²) in [4.78, 5) is 24.5. The van der Waals surface area contributed by atoms with Crippen LogP contribution in [0.4, 0.5) is 0 Å². The number of carbonyl (C=O) groups is 2. The average molecular weight is 356 g/mol. The lowest BCUT2D eigenvalue weighted by Crippen LogP contribution is -2.36. The summed E-state index contributed by atoms with van der Waals surface area (Å²) in [5, 5.41) is -0.440. The monoisotopic (exact) mass is 356 g/mol. The highest BCUT2D eigenvalue weighted by atomic mass is 33.1. The van der Waals surface area contributed by atoms with Crippen molar-refractivity contribution in [2.75, 3.05) is 0 Å². The smallest absolute Gasteiger partial charge is 0.328 e. The lowest BCUT2D eigenvalue weighted by molar-refractivity contribution is -0.153. The summed E-state index contributed by atoms with van der Waals surface area (Å²) in [6.45, 7) is 4.07. The number of hydrogen-bond acceptors (Lipinski definition) is 5. The molecule has 0 bridgehead atoms. The van der Waals surface area contributed by atoms with Gasteiger partial charge in [0.2, 0.25) is 0 Å². The van der Waals surface area contributed by atoms with Crippen LogP contribution in [-0.4, -0.2) is 17.2 Å². The second-order valence-electron chi connectivity index (χ2n) is 6.29. The van der Waals surface area contributed by atoms with Gasteiger partial charge in [0.15, 0.2) is 0 Å². The molecule has 2 aromatic carbocycles. The van der Waals surface area contributed by atoms with Gasteiger partial charge >= 0.3 is 11.9 Å². The van der Waals surface area contributed by atoms with E-state index in [0.29, 0.717) is 0 Å². The summed E-state index contributed by atoms with van der Waals surface area (Å²) in [5.41, 5.74) is 4.40.